The van der Waals surface area contributed by atoms with Crippen LogP contribution in [0.4, 0.5) is 0 Å². The molecule has 1 aliphatic heterocycles. The molecule has 1 amide bonds. The van der Waals surface area contributed by atoms with Gasteiger partial charge in [-0.2, -0.15) is 0 Å². The number of nitrogens with one attached hydrogen (secondary N) is 1. The van der Waals surface area contributed by atoms with Crippen LogP contribution >= 0.6 is 15.9 Å². The first-order valence-electron chi connectivity index (χ1n) is 10.1. The Kier molecular flexibility index (Phi) is 7.79. The Morgan fingerprint density at radius 2 is 1.84 bits per heavy atom. The quantitative estimate of drug-likeness (QED) is 0.581. The van der Waals surface area contributed by atoms with Gasteiger partial charge in [-0.25, -0.2) is 4.79 Å². The second-order valence-electron chi connectivity index (χ2n) is 7.47. The number of methoxy groups -OCH3 is 1. The number of hydrogen-bond donors (Lipinski definition) is 1. The van der Waals surface area contributed by atoms with Crippen LogP contribution in [0.15, 0.2) is 40.9 Å². The van der Waals surface area contributed by atoms with Crippen LogP contribution in [0.25, 0.3) is 0 Å². The van der Waals surface area contributed by atoms with Gasteiger partial charge in [0.2, 0.25) is 0 Å². The first kappa shape index (κ1) is 22.9. The molecule has 2 aromatic carbocycles. The van der Waals surface area contributed by atoms with Crippen LogP contribution in [0.3, 0.4) is 0 Å². The summed E-state index contributed by atoms with van der Waals surface area (Å²) < 4.78 is 22.4. The standard InChI is InChI=1S/C23H26BrNO6/c1-14(2)22(15-5-8-19-20(12-15)30-10-4-9-29-19)25-21(26)13-31-18-7-6-16(11-17(18)24)23(27)28-3/h5-8,11-12,14,22H,4,9-10,13H2,1-3H3,(H,25,26). The third-order valence-corrected chi connectivity index (χ3v) is 5.45. The van der Waals surface area contributed by atoms with Crippen molar-refractivity contribution in [3.63, 3.8) is 0 Å². The number of carbonyl (C=O) groups is 2. The molecule has 1 atom stereocenters. The molecule has 1 unspecified atom stereocenters. The number of carbonyl (C=O) groups excluding carboxylic acids is 2. The first-order valence-corrected chi connectivity index (χ1v) is 10.9. The lowest BCUT2D eigenvalue weighted by Gasteiger charge is -2.24. The van der Waals surface area contributed by atoms with Crippen LogP contribution in [-0.4, -0.2) is 38.8 Å². The van der Waals surface area contributed by atoms with E-state index in [9.17, 15) is 9.59 Å². The number of benzene rings is 2. The van der Waals surface area contributed by atoms with E-state index in [2.05, 4.69) is 21.2 Å². The maximum Gasteiger partial charge on any atom is 0.337 e. The van der Waals surface area contributed by atoms with Gasteiger partial charge in [-0.3, -0.25) is 4.79 Å². The zero-order chi connectivity index (χ0) is 22.4. The molecule has 0 radical (unpaired) electrons. The third-order valence-electron chi connectivity index (χ3n) is 4.83. The van der Waals surface area contributed by atoms with Crippen molar-refractivity contribution in [2.45, 2.75) is 26.3 Å². The lowest BCUT2D eigenvalue weighted by Crippen LogP contribution is -2.35. The van der Waals surface area contributed by atoms with Gasteiger partial charge in [0.05, 0.1) is 36.4 Å². The minimum absolute atomic E-state index is 0.153. The molecule has 0 aliphatic carbocycles. The molecule has 0 saturated carbocycles. The van der Waals surface area contributed by atoms with Crippen molar-refractivity contribution in [3.8, 4) is 17.2 Å². The van der Waals surface area contributed by atoms with Crippen molar-refractivity contribution in [1.82, 2.24) is 5.32 Å². The Morgan fingerprint density at radius 1 is 1.10 bits per heavy atom. The molecular formula is C23H26BrNO6. The van der Waals surface area contributed by atoms with Crippen LogP contribution in [0.2, 0.25) is 0 Å². The second kappa shape index (κ2) is 10.5. The molecule has 2 aromatic rings. The molecule has 8 heteroatoms. The molecular weight excluding hydrogens is 466 g/mol. The molecule has 0 aromatic heterocycles. The highest BCUT2D eigenvalue weighted by Gasteiger charge is 2.21. The van der Waals surface area contributed by atoms with E-state index < -0.39 is 5.97 Å². The van der Waals surface area contributed by atoms with Gasteiger partial charge in [-0.15, -0.1) is 0 Å². The Morgan fingerprint density at radius 3 is 2.52 bits per heavy atom. The zero-order valence-electron chi connectivity index (χ0n) is 17.8. The van der Waals surface area contributed by atoms with Gasteiger partial charge in [0.1, 0.15) is 5.75 Å². The van der Waals surface area contributed by atoms with Gasteiger partial charge in [0, 0.05) is 6.42 Å². The number of esters is 1. The van der Waals surface area contributed by atoms with Crippen molar-refractivity contribution in [2.75, 3.05) is 26.9 Å². The number of amides is 1. The predicted molar refractivity (Wildman–Crippen MR) is 119 cm³/mol. The van der Waals surface area contributed by atoms with Gasteiger partial charge in [0.25, 0.3) is 5.91 Å². The highest BCUT2D eigenvalue weighted by molar-refractivity contribution is 9.10. The van der Waals surface area contributed by atoms with Gasteiger partial charge in [-0.1, -0.05) is 19.9 Å². The van der Waals surface area contributed by atoms with Gasteiger partial charge in [-0.05, 0) is 57.7 Å². The number of hydrogen-bond acceptors (Lipinski definition) is 6. The van der Waals surface area contributed by atoms with Crippen LogP contribution < -0.4 is 19.5 Å². The minimum atomic E-state index is -0.445. The van der Waals surface area contributed by atoms with Crippen LogP contribution in [0.5, 0.6) is 17.2 Å². The summed E-state index contributed by atoms with van der Waals surface area (Å²) in [5.41, 5.74) is 1.33. The fourth-order valence-corrected chi connectivity index (χ4v) is 3.72. The topological polar surface area (TPSA) is 83.1 Å². The fourth-order valence-electron chi connectivity index (χ4n) is 3.23. The molecule has 0 saturated heterocycles. The van der Waals surface area contributed by atoms with E-state index in [-0.39, 0.29) is 24.5 Å². The highest BCUT2D eigenvalue weighted by atomic mass is 79.9. The van der Waals surface area contributed by atoms with Crippen LogP contribution in [0, 0.1) is 5.92 Å². The van der Waals surface area contributed by atoms with Gasteiger partial charge < -0.3 is 24.3 Å². The molecule has 0 spiro atoms. The summed E-state index contributed by atoms with van der Waals surface area (Å²) in [6.07, 6.45) is 0.835. The van der Waals surface area contributed by atoms with Crippen LogP contribution in [-0.2, 0) is 9.53 Å². The maximum atomic E-state index is 12.6. The minimum Gasteiger partial charge on any atom is -0.490 e. The summed E-state index contributed by atoms with van der Waals surface area (Å²) in [6, 6.07) is 10.3. The normalized spacial score (nSPS) is 13.8. The van der Waals surface area contributed by atoms with Crippen molar-refractivity contribution in [2.24, 2.45) is 5.92 Å². The summed E-state index contributed by atoms with van der Waals surface area (Å²) in [7, 11) is 1.32. The Balaban J connectivity index is 1.65. The van der Waals surface area contributed by atoms with E-state index in [1.54, 1.807) is 18.2 Å². The van der Waals surface area contributed by atoms with E-state index in [1.165, 1.54) is 7.11 Å². The predicted octanol–water partition coefficient (Wildman–Crippen LogP) is 4.29. The molecule has 31 heavy (non-hydrogen) atoms. The van der Waals surface area contributed by atoms with E-state index in [0.717, 1.165) is 17.7 Å². The molecule has 7 nitrogen and oxygen atoms in total. The monoisotopic (exact) mass is 491 g/mol. The molecule has 1 aliphatic rings. The smallest absolute Gasteiger partial charge is 0.337 e. The lowest BCUT2D eigenvalue weighted by molar-refractivity contribution is -0.124. The molecule has 166 valence electrons. The lowest BCUT2D eigenvalue weighted by atomic mass is 9.95. The molecule has 0 bridgehead atoms. The zero-order valence-corrected chi connectivity index (χ0v) is 19.4. The molecule has 1 N–H and O–H groups in total. The van der Waals surface area contributed by atoms with E-state index in [4.69, 9.17) is 18.9 Å². The Bertz CT molecular complexity index is 946. The van der Waals surface area contributed by atoms with Crippen LogP contribution in [0.1, 0.15) is 42.2 Å². The van der Waals surface area contributed by atoms with Crippen molar-refractivity contribution < 1.29 is 28.5 Å². The van der Waals surface area contributed by atoms with E-state index in [0.29, 0.717) is 34.7 Å². The number of rotatable bonds is 7. The maximum absolute atomic E-state index is 12.6. The highest BCUT2D eigenvalue weighted by Crippen LogP contribution is 2.34. The SMILES string of the molecule is COC(=O)c1ccc(OCC(=O)NC(c2ccc3c(c2)OCCCO3)C(C)C)c(Br)c1. The van der Waals surface area contributed by atoms with E-state index in [1.807, 2.05) is 32.0 Å². The second-order valence-corrected chi connectivity index (χ2v) is 8.33. The number of halogens is 1. The summed E-state index contributed by atoms with van der Waals surface area (Å²) in [6.45, 7) is 5.15. The van der Waals surface area contributed by atoms with Gasteiger partial charge in [0.15, 0.2) is 18.1 Å². The Hall–Kier alpha value is -2.74. The molecule has 0 fully saturated rings. The summed E-state index contributed by atoms with van der Waals surface area (Å²) in [4.78, 5) is 24.2. The van der Waals surface area contributed by atoms with Gasteiger partial charge >= 0.3 is 5.97 Å². The Labute approximate surface area is 190 Å². The van der Waals surface area contributed by atoms with Crippen molar-refractivity contribution in [1.29, 1.82) is 0 Å². The first-order chi connectivity index (χ1) is 14.9. The summed E-state index contributed by atoms with van der Waals surface area (Å²) >= 11 is 3.36. The summed E-state index contributed by atoms with van der Waals surface area (Å²) in [5.74, 6) is 1.33. The average Bonchev–Trinajstić information content (AvgIpc) is 3.00. The average molecular weight is 492 g/mol. The third kappa shape index (κ3) is 5.91. The van der Waals surface area contributed by atoms with Crippen molar-refractivity contribution >= 4 is 27.8 Å². The number of ether oxygens (including phenoxy) is 4. The largest absolute Gasteiger partial charge is 0.490 e. The number of fused-ring (bicyclic) bond motifs is 1. The van der Waals surface area contributed by atoms with E-state index >= 15 is 0 Å². The molecule has 3 rings (SSSR count). The fraction of sp³-hybridized carbons (Fsp3) is 0.391. The molecule has 1 heterocycles. The summed E-state index contributed by atoms with van der Waals surface area (Å²) in [5, 5.41) is 3.03. The van der Waals surface area contributed by atoms with Crippen molar-refractivity contribution in [3.05, 3.63) is 52.0 Å².